The molecule has 1 unspecified atom stereocenters. The highest BCUT2D eigenvalue weighted by Crippen LogP contribution is 2.38. The fourth-order valence-electron chi connectivity index (χ4n) is 1.90. The lowest BCUT2D eigenvalue weighted by Gasteiger charge is -2.25. The van der Waals surface area contributed by atoms with E-state index in [2.05, 4.69) is 33.4 Å². The van der Waals surface area contributed by atoms with Gasteiger partial charge in [0.15, 0.2) is 0 Å². The monoisotopic (exact) mass is 317 g/mol. The van der Waals surface area contributed by atoms with Gasteiger partial charge in [-0.15, -0.1) is 11.8 Å². The summed E-state index contributed by atoms with van der Waals surface area (Å²) >= 11 is 5.23. The molecule has 1 fully saturated rings. The topological polar surface area (TPSA) is 30.5 Å². The lowest BCUT2D eigenvalue weighted by Crippen LogP contribution is -2.33. The maximum atomic E-state index is 5.76. The fourth-order valence-corrected chi connectivity index (χ4v) is 3.31. The molecule has 1 N–H and O–H groups in total. The molecule has 0 radical (unpaired) electrons. The molecule has 0 amide bonds. The normalized spacial score (nSPS) is 20.3. The van der Waals surface area contributed by atoms with E-state index in [0.717, 1.165) is 34.8 Å². The van der Waals surface area contributed by atoms with Crippen molar-refractivity contribution in [1.29, 1.82) is 0 Å². The Hall–Kier alpha value is -0.230. The molecule has 94 valence electrons. The molecule has 1 saturated heterocycles. The summed E-state index contributed by atoms with van der Waals surface area (Å²) in [6.07, 6.45) is 2.19. The Morgan fingerprint density at radius 2 is 2.35 bits per heavy atom. The van der Waals surface area contributed by atoms with Crippen molar-refractivity contribution in [2.24, 2.45) is 0 Å². The highest BCUT2D eigenvalue weighted by Gasteiger charge is 2.19. The Morgan fingerprint density at radius 3 is 2.94 bits per heavy atom. The zero-order chi connectivity index (χ0) is 12.3. The summed E-state index contributed by atoms with van der Waals surface area (Å²) in [4.78, 5) is 1.13. The molecule has 0 spiro atoms. The summed E-state index contributed by atoms with van der Waals surface area (Å²) in [6, 6.07) is 4.22. The van der Waals surface area contributed by atoms with Gasteiger partial charge >= 0.3 is 0 Å². The third-order valence-corrected chi connectivity index (χ3v) is 4.09. The predicted octanol–water partition coefficient (Wildman–Crippen LogP) is 2.84. The minimum atomic E-state index is 0.136. The van der Waals surface area contributed by atoms with Gasteiger partial charge in [-0.05, 0) is 39.9 Å². The number of rotatable bonds is 3. The molecule has 1 aliphatic rings. The predicted molar refractivity (Wildman–Crippen MR) is 74.0 cm³/mol. The van der Waals surface area contributed by atoms with Gasteiger partial charge in [-0.25, -0.2) is 0 Å². The summed E-state index contributed by atoms with van der Waals surface area (Å²) in [7, 11) is 1.69. The molecule has 1 aromatic carbocycles. The zero-order valence-electron chi connectivity index (χ0n) is 9.96. The summed E-state index contributed by atoms with van der Waals surface area (Å²) in [5.41, 5.74) is 1.19. The molecule has 3 nitrogen and oxygen atoms in total. The first-order chi connectivity index (χ1) is 8.26. The Balaban J connectivity index is 2.31. The molecular weight excluding hydrogens is 302 g/mol. The molecule has 0 saturated carbocycles. The summed E-state index contributed by atoms with van der Waals surface area (Å²) in [5, 5.41) is 3.34. The molecule has 1 aliphatic heterocycles. The van der Waals surface area contributed by atoms with Crippen molar-refractivity contribution < 1.29 is 9.47 Å². The number of morpholine rings is 1. The van der Waals surface area contributed by atoms with Crippen LogP contribution in [0.4, 0.5) is 0 Å². The SMILES string of the molecule is COc1c(Br)cc(C2CNCCO2)cc1SC. The van der Waals surface area contributed by atoms with Crippen LogP contribution < -0.4 is 10.1 Å². The lowest BCUT2D eigenvalue weighted by molar-refractivity contribution is 0.0275. The summed E-state index contributed by atoms with van der Waals surface area (Å²) in [5.74, 6) is 0.894. The van der Waals surface area contributed by atoms with E-state index in [4.69, 9.17) is 9.47 Å². The Morgan fingerprint density at radius 1 is 1.53 bits per heavy atom. The number of hydrogen-bond acceptors (Lipinski definition) is 4. The van der Waals surface area contributed by atoms with Gasteiger partial charge in [0.05, 0.1) is 29.2 Å². The van der Waals surface area contributed by atoms with Gasteiger partial charge in [0, 0.05) is 13.1 Å². The average molecular weight is 318 g/mol. The van der Waals surface area contributed by atoms with Crippen LogP contribution in [0.15, 0.2) is 21.5 Å². The second-order valence-corrected chi connectivity index (χ2v) is 5.50. The van der Waals surface area contributed by atoms with Crippen LogP contribution in [-0.2, 0) is 4.74 Å². The van der Waals surface area contributed by atoms with Crippen LogP contribution in [-0.4, -0.2) is 33.1 Å². The molecule has 1 aromatic rings. The Bertz CT molecular complexity index is 394. The van der Waals surface area contributed by atoms with E-state index in [1.807, 2.05) is 6.26 Å². The van der Waals surface area contributed by atoms with Gasteiger partial charge in [-0.3, -0.25) is 0 Å². The van der Waals surface area contributed by atoms with Crippen LogP contribution in [0.3, 0.4) is 0 Å². The number of halogens is 1. The largest absolute Gasteiger partial charge is 0.494 e. The van der Waals surface area contributed by atoms with Gasteiger partial charge in [0.2, 0.25) is 0 Å². The maximum Gasteiger partial charge on any atom is 0.146 e. The van der Waals surface area contributed by atoms with E-state index in [1.54, 1.807) is 18.9 Å². The van der Waals surface area contributed by atoms with Gasteiger partial charge in [0.25, 0.3) is 0 Å². The number of benzene rings is 1. The first kappa shape index (κ1) is 13.2. The summed E-state index contributed by atoms with van der Waals surface area (Å²) in [6.45, 7) is 2.57. The quantitative estimate of drug-likeness (QED) is 0.868. The third kappa shape index (κ3) is 2.96. The highest BCUT2D eigenvalue weighted by molar-refractivity contribution is 9.10. The molecule has 1 atom stereocenters. The van der Waals surface area contributed by atoms with Crippen molar-refractivity contribution in [2.75, 3.05) is 33.1 Å². The van der Waals surface area contributed by atoms with Crippen molar-refractivity contribution in [3.05, 3.63) is 22.2 Å². The van der Waals surface area contributed by atoms with Crippen LogP contribution >= 0.6 is 27.7 Å². The van der Waals surface area contributed by atoms with Crippen molar-refractivity contribution in [2.45, 2.75) is 11.0 Å². The Kier molecular flexibility index (Phi) is 4.73. The molecule has 2 rings (SSSR count). The smallest absolute Gasteiger partial charge is 0.146 e. The third-order valence-electron chi connectivity index (χ3n) is 2.76. The minimum Gasteiger partial charge on any atom is -0.494 e. The maximum absolute atomic E-state index is 5.76. The van der Waals surface area contributed by atoms with Gasteiger partial charge in [-0.2, -0.15) is 0 Å². The van der Waals surface area contributed by atoms with Crippen LogP contribution in [0.5, 0.6) is 5.75 Å². The molecule has 1 heterocycles. The van der Waals surface area contributed by atoms with Crippen LogP contribution in [0.2, 0.25) is 0 Å². The second-order valence-electron chi connectivity index (χ2n) is 3.80. The van der Waals surface area contributed by atoms with Gasteiger partial charge < -0.3 is 14.8 Å². The van der Waals surface area contributed by atoms with E-state index < -0.39 is 0 Å². The number of methoxy groups -OCH3 is 1. The molecule has 0 bridgehead atoms. The van der Waals surface area contributed by atoms with E-state index in [9.17, 15) is 0 Å². The van der Waals surface area contributed by atoms with Crippen molar-refractivity contribution >= 4 is 27.7 Å². The minimum absolute atomic E-state index is 0.136. The van der Waals surface area contributed by atoms with Crippen LogP contribution in [0, 0.1) is 0 Å². The molecule has 0 aliphatic carbocycles. The molecule has 17 heavy (non-hydrogen) atoms. The van der Waals surface area contributed by atoms with E-state index in [-0.39, 0.29) is 6.10 Å². The molecule has 0 aromatic heterocycles. The van der Waals surface area contributed by atoms with Crippen molar-refractivity contribution in [3.8, 4) is 5.75 Å². The lowest BCUT2D eigenvalue weighted by atomic mass is 10.1. The summed E-state index contributed by atoms with van der Waals surface area (Å²) < 4.78 is 12.1. The molecular formula is C12H16BrNO2S. The fraction of sp³-hybridized carbons (Fsp3) is 0.500. The van der Waals surface area contributed by atoms with Crippen molar-refractivity contribution in [1.82, 2.24) is 5.32 Å². The highest BCUT2D eigenvalue weighted by atomic mass is 79.9. The van der Waals surface area contributed by atoms with Crippen LogP contribution in [0.25, 0.3) is 0 Å². The van der Waals surface area contributed by atoms with Gasteiger partial charge in [-0.1, -0.05) is 0 Å². The first-order valence-corrected chi connectivity index (χ1v) is 7.51. The number of thioether (sulfide) groups is 1. The van der Waals surface area contributed by atoms with E-state index >= 15 is 0 Å². The van der Waals surface area contributed by atoms with Gasteiger partial charge in [0.1, 0.15) is 5.75 Å². The average Bonchev–Trinajstić information content (AvgIpc) is 2.38. The first-order valence-electron chi connectivity index (χ1n) is 5.50. The second kappa shape index (κ2) is 6.09. The standard InChI is InChI=1S/C12H16BrNO2S/c1-15-12-9(13)5-8(6-11(12)17-2)10-7-14-3-4-16-10/h5-6,10,14H,3-4,7H2,1-2H3. The van der Waals surface area contributed by atoms with E-state index in [1.165, 1.54) is 5.56 Å². The number of hydrogen-bond donors (Lipinski definition) is 1. The van der Waals surface area contributed by atoms with E-state index in [0.29, 0.717) is 0 Å². The van der Waals surface area contributed by atoms with Crippen molar-refractivity contribution in [3.63, 3.8) is 0 Å². The Labute approximate surface area is 114 Å². The zero-order valence-corrected chi connectivity index (χ0v) is 12.4. The number of nitrogens with one attached hydrogen (secondary N) is 1. The molecule has 5 heteroatoms. The van der Waals surface area contributed by atoms with Crippen LogP contribution in [0.1, 0.15) is 11.7 Å². The number of ether oxygens (including phenoxy) is 2.